The van der Waals surface area contributed by atoms with Crippen LogP contribution in [0.25, 0.3) is 0 Å². The average molecular weight is 256 g/mol. The third kappa shape index (κ3) is 2.22. The van der Waals surface area contributed by atoms with Crippen molar-refractivity contribution in [2.45, 2.75) is 6.10 Å². The maximum Gasteiger partial charge on any atom is 0.164 e. The monoisotopic (exact) mass is 256 g/mol. The summed E-state index contributed by atoms with van der Waals surface area (Å²) in [5.41, 5.74) is -0.389. The molecule has 0 aromatic heterocycles. The molecule has 94 valence electrons. The summed E-state index contributed by atoms with van der Waals surface area (Å²) >= 11 is 0. The third-order valence-electron chi connectivity index (χ3n) is 2.54. The fourth-order valence-corrected chi connectivity index (χ4v) is 1.59. The molecule has 2 aromatic carbocycles. The van der Waals surface area contributed by atoms with Gasteiger partial charge < -0.3 is 5.11 Å². The van der Waals surface area contributed by atoms with Gasteiger partial charge in [0, 0.05) is 5.56 Å². The summed E-state index contributed by atoms with van der Waals surface area (Å²) in [6, 6.07) is 5.95. The van der Waals surface area contributed by atoms with Gasteiger partial charge in [-0.1, -0.05) is 18.2 Å². The van der Waals surface area contributed by atoms with Crippen molar-refractivity contribution in [3.8, 4) is 0 Å². The third-order valence-corrected chi connectivity index (χ3v) is 2.54. The van der Waals surface area contributed by atoms with Gasteiger partial charge >= 0.3 is 0 Å². The Morgan fingerprint density at radius 2 is 1.56 bits per heavy atom. The Labute approximate surface area is 100 Å². The number of rotatable bonds is 2. The van der Waals surface area contributed by atoms with Gasteiger partial charge in [-0.15, -0.1) is 0 Å². The van der Waals surface area contributed by atoms with Crippen LogP contribution in [0, 0.1) is 23.3 Å². The lowest BCUT2D eigenvalue weighted by atomic mass is 10.0. The van der Waals surface area contributed by atoms with E-state index in [2.05, 4.69) is 0 Å². The molecule has 0 aliphatic heterocycles. The number of hydrogen-bond donors (Lipinski definition) is 1. The molecule has 0 spiro atoms. The molecule has 2 aromatic rings. The minimum atomic E-state index is -1.56. The molecule has 0 saturated heterocycles. The van der Waals surface area contributed by atoms with Crippen LogP contribution in [0.5, 0.6) is 0 Å². The summed E-state index contributed by atoms with van der Waals surface area (Å²) in [5.74, 6) is -4.57. The molecule has 5 heteroatoms. The van der Waals surface area contributed by atoms with Crippen molar-refractivity contribution >= 4 is 0 Å². The van der Waals surface area contributed by atoms with Crippen molar-refractivity contribution in [2.75, 3.05) is 0 Å². The molecule has 2 rings (SSSR count). The number of aliphatic hydroxyl groups excluding tert-OH is 1. The van der Waals surface area contributed by atoms with E-state index >= 15 is 0 Å². The molecule has 0 aliphatic carbocycles. The van der Waals surface area contributed by atoms with Crippen molar-refractivity contribution in [3.05, 3.63) is 70.8 Å². The van der Waals surface area contributed by atoms with Crippen LogP contribution in [0.2, 0.25) is 0 Å². The second-order valence-electron chi connectivity index (χ2n) is 3.72. The number of halogens is 4. The van der Waals surface area contributed by atoms with Crippen molar-refractivity contribution in [2.24, 2.45) is 0 Å². The van der Waals surface area contributed by atoms with Crippen molar-refractivity contribution in [1.82, 2.24) is 0 Å². The fraction of sp³-hybridized carbons (Fsp3) is 0.0769. The Bertz CT molecular complexity index is 583. The highest BCUT2D eigenvalue weighted by Crippen LogP contribution is 2.26. The van der Waals surface area contributed by atoms with Crippen molar-refractivity contribution < 1.29 is 22.7 Å². The first-order valence-corrected chi connectivity index (χ1v) is 5.07. The van der Waals surface area contributed by atoms with E-state index in [9.17, 15) is 22.7 Å². The zero-order valence-electron chi connectivity index (χ0n) is 9.00. The first-order chi connectivity index (χ1) is 8.50. The lowest BCUT2D eigenvalue weighted by molar-refractivity contribution is 0.212. The number of hydrogen-bond acceptors (Lipinski definition) is 1. The van der Waals surface area contributed by atoms with Gasteiger partial charge in [0.05, 0.1) is 0 Å². The van der Waals surface area contributed by atoms with E-state index in [4.69, 9.17) is 0 Å². The largest absolute Gasteiger partial charge is 0.384 e. The summed E-state index contributed by atoms with van der Waals surface area (Å²) in [7, 11) is 0. The van der Waals surface area contributed by atoms with Gasteiger partial charge in [0.25, 0.3) is 0 Å². The van der Waals surface area contributed by atoms with E-state index in [1.165, 1.54) is 12.1 Å². The van der Waals surface area contributed by atoms with Crippen LogP contribution in [-0.2, 0) is 0 Å². The lowest BCUT2D eigenvalue weighted by Crippen LogP contribution is -2.05. The summed E-state index contributed by atoms with van der Waals surface area (Å²) in [5, 5.41) is 9.82. The highest BCUT2D eigenvalue weighted by atomic mass is 19.2. The molecule has 1 unspecified atom stereocenters. The molecule has 1 N–H and O–H groups in total. The van der Waals surface area contributed by atoms with E-state index < -0.39 is 29.4 Å². The van der Waals surface area contributed by atoms with E-state index in [-0.39, 0.29) is 11.1 Å². The van der Waals surface area contributed by atoms with Gasteiger partial charge in [0.15, 0.2) is 23.3 Å². The molecule has 0 aliphatic rings. The van der Waals surface area contributed by atoms with Crippen LogP contribution in [0.1, 0.15) is 17.2 Å². The predicted octanol–water partition coefficient (Wildman–Crippen LogP) is 3.32. The van der Waals surface area contributed by atoms with Crippen LogP contribution in [0.15, 0.2) is 36.4 Å². The Morgan fingerprint density at radius 3 is 2.22 bits per heavy atom. The highest BCUT2D eigenvalue weighted by molar-refractivity contribution is 5.31. The molecule has 1 atom stereocenters. The number of benzene rings is 2. The lowest BCUT2D eigenvalue weighted by Gasteiger charge is -2.12. The quantitative estimate of drug-likeness (QED) is 0.817. The van der Waals surface area contributed by atoms with Crippen LogP contribution in [0.3, 0.4) is 0 Å². The van der Waals surface area contributed by atoms with Gasteiger partial charge in [0.1, 0.15) is 6.10 Å². The van der Waals surface area contributed by atoms with Crippen molar-refractivity contribution in [3.63, 3.8) is 0 Å². The van der Waals surface area contributed by atoms with Crippen molar-refractivity contribution in [1.29, 1.82) is 0 Å². The molecule has 0 fully saturated rings. The average Bonchev–Trinajstić information content (AvgIpc) is 2.35. The maximum atomic E-state index is 13.4. The number of aliphatic hydroxyl groups is 1. The van der Waals surface area contributed by atoms with E-state index in [0.717, 1.165) is 24.3 Å². The Hall–Kier alpha value is -1.88. The summed E-state index contributed by atoms with van der Waals surface area (Å²) in [4.78, 5) is 0. The second kappa shape index (κ2) is 4.78. The molecule has 0 amide bonds. The molecular formula is C13H8F4O. The fourth-order valence-electron chi connectivity index (χ4n) is 1.59. The Morgan fingerprint density at radius 1 is 0.833 bits per heavy atom. The topological polar surface area (TPSA) is 20.2 Å². The normalized spacial score (nSPS) is 12.5. The van der Waals surface area contributed by atoms with Gasteiger partial charge in [-0.3, -0.25) is 0 Å². The molecule has 0 saturated carbocycles. The summed E-state index contributed by atoms with van der Waals surface area (Å²) in [6.07, 6.45) is -1.56. The smallest absolute Gasteiger partial charge is 0.164 e. The van der Waals surface area contributed by atoms with Gasteiger partial charge in [-0.2, -0.15) is 0 Å². The molecule has 0 bridgehead atoms. The molecule has 1 nitrogen and oxygen atoms in total. The predicted molar refractivity (Wildman–Crippen MR) is 56.8 cm³/mol. The van der Waals surface area contributed by atoms with Crippen LogP contribution in [-0.4, -0.2) is 5.11 Å². The van der Waals surface area contributed by atoms with Crippen LogP contribution >= 0.6 is 0 Å². The molecular weight excluding hydrogens is 248 g/mol. The zero-order chi connectivity index (χ0) is 13.3. The molecule has 0 heterocycles. The first-order valence-electron chi connectivity index (χ1n) is 5.07. The van der Waals surface area contributed by atoms with E-state index in [1.54, 1.807) is 0 Å². The van der Waals surface area contributed by atoms with E-state index in [0.29, 0.717) is 0 Å². The van der Waals surface area contributed by atoms with Gasteiger partial charge in [-0.05, 0) is 23.8 Å². The van der Waals surface area contributed by atoms with Gasteiger partial charge in [0.2, 0.25) is 0 Å². The first kappa shape index (κ1) is 12.6. The molecule has 0 radical (unpaired) electrons. The zero-order valence-corrected chi connectivity index (χ0v) is 9.00. The standard InChI is InChI=1S/C13H8F4O/c14-9-5-4-7(6-11(9)16)13(18)8-2-1-3-10(15)12(8)17/h1-6,13,18H. The highest BCUT2D eigenvalue weighted by Gasteiger charge is 2.18. The molecule has 18 heavy (non-hydrogen) atoms. The van der Waals surface area contributed by atoms with E-state index in [1.807, 2.05) is 0 Å². The van der Waals surface area contributed by atoms with Crippen LogP contribution < -0.4 is 0 Å². The Balaban J connectivity index is 2.44. The minimum absolute atomic E-state index is 0.0570. The minimum Gasteiger partial charge on any atom is -0.384 e. The second-order valence-corrected chi connectivity index (χ2v) is 3.72. The SMILES string of the molecule is OC(c1ccc(F)c(F)c1)c1cccc(F)c1F. The summed E-state index contributed by atoms with van der Waals surface area (Å²) in [6.45, 7) is 0. The van der Waals surface area contributed by atoms with Crippen LogP contribution in [0.4, 0.5) is 17.6 Å². The summed E-state index contributed by atoms with van der Waals surface area (Å²) < 4.78 is 52.1. The van der Waals surface area contributed by atoms with Gasteiger partial charge in [-0.25, -0.2) is 17.6 Å². The Kier molecular flexibility index (Phi) is 3.34. The maximum absolute atomic E-state index is 13.4.